The maximum atomic E-state index is 4.72. The molecule has 0 bridgehead atoms. The largest absolute Gasteiger partial charge is 0.302 e. The van der Waals surface area contributed by atoms with E-state index in [9.17, 15) is 0 Å². The van der Waals surface area contributed by atoms with Crippen molar-refractivity contribution in [2.75, 3.05) is 6.26 Å². The van der Waals surface area contributed by atoms with Crippen LogP contribution in [0, 0.1) is 0 Å². The minimum absolute atomic E-state index is 0.0149. The predicted octanol–water partition coefficient (Wildman–Crippen LogP) is 3.05. The highest BCUT2D eigenvalue weighted by Gasteiger charge is 2.30. The van der Waals surface area contributed by atoms with Crippen molar-refractivity contribution >= 4 is 23.1 Å². The fourth-order valence-corrected chi connectivity index (χ4v) is 2.54. The lowest BCUT2D eigenvalue weighted by atomic mass is 10.2. The molecule has 0 radical (unpaired) electrons. The van der Waals surface area contributed by atoms with Crippen LogP contribution in [0.25, 0.3) is 0 Å². The van der Waals surface area contributed by atoms with Crippen LogP contribution in [0.1, 0.15) is 17.3 Å². The highest BCUT2D eigenvalue weighted by molar-refractivity contribution is 8.13. The monoisotopic (exact) mass is 282 g/mol. The lowest BCUT2D eigenvalue weighted by Crippen LogP contribution is -2.28. The standard InChI is InChI=1S/C16H16N3S/c1-20-16-17-15(14-10-6-3-7-11-14)19(18-16)12-13-8-4-2-5-9-13/h2-12,15H,1H3,(H,17,18)/q+1/b19-12-. The Balaban J connectivity index is 1.96. The molecule has 0 fully saturated rings. The number of amidine groups is 1. The molecular weight excluding hydrogens is 266 g/mol. The van der Waals surface area contributed by atoms with E-state index < -0.39 is 0 Å². The molecule has 20 heavy (non-hydrogen) atoms. The van der Waals surface area contributed by atoms with Crippen molar-refractivity contribution in [3.8, 4) is 0 Å². The molecule has 2 aromatic carbocycles. The number of rotatable bonds is 2. The van der Waals surface area contributed by atoms with Crippen molar-refractivity contribution in [3.63, 3.8) is 0 Å². The first-order valence-electron chi connectivity index (χ1n) is 6.48. The molecule has 3 rings (SSSR count). The van der Waals surface area contributed by atoms with Crippen molar-refractivity contribution in [2.24, 2.45) is 4.99 Å². The molecule has 1 heterocycles. The summed E-state index contributed by atoms with van der Waals surface area (Å²) in [5, 5.41) is 0.936. The van der Waals surface area contributed by atoms with Crippen LogP contribution in [0.15, 0.2) is 65.7 Å². The molecule has 1 unspecified atom stereocenters. The number of hydrogen-bond acceptors (Lipinski definition) is 3. The van der Waals surface area contributed by atoms with E-state index in [4.69, 9.17) is 4.99 Å². The summed E-state index contributed by atoms with van der Waals surface area (Å²) in [5.74, 6) is 0. The Morgan fingerprint density at radius 3 is 2.35 bits per heavy atom. The average Bonchev–Trinajstić information content (AvgIpc) is 2.92. The number of nitrogens with one attached hydrogen (secondary N) is 1. The number of thioether (sulfide) groups is 1. The molecule has 100 valence electrons. The van der Waals surface area contributed by atoms with Crippen LogP contribution in [0.5, 0.6) is 0 Å². The topological polar surface area (TPSA) is 27.4 Å². The molecule has 2 aromatic rings. The minimum Gasteiger partial charge on any atom is -0.182 e. The second kappa shape index (κ2) is 5.92. The summed E-state index contributed by atoms with van der Waals surface area (Å²) >= 11 is 1.62. The van der Waals surface area contributed by atoms with E-state index in [0.717, 1.165) is 10.7 Å². The van der Waals surface area contributed by atoms with Gasteiger partial charge in [-0.25, -0.2) is 0 Å². The lowest BCUT2D eigenvalue weighted by Gasteiger charge is -2.04. The zero-order valence-corrected chi connectivity index (χ0v) is 12.0. The van der Waals surface area contributed by atoms with Gasteiger partial charge < -0.3 is 0 Å². The van der Waals surface area contributed by atoms with Crippen LogP contribution in [0.4, 0.5) is 0 Å². The Bertz CT molecular complexity index is 635. The van der Waals surface area contributed by atoms with E-state index in [1.165, 1.54) is 5.56 Å². The summed E-state index contributed by atoms with van der Waals surface area (Å²) in [4.78, 5) is 4.72. The summed E-state index contributed by atoms with van der Waals surface area (Å²) in [5.41, 5.74) is 5.66. The Kier molecular flexibility index (Phi) is 3.83. The first-order valence-corrected chi connectivity index (χ1v) is 7.71. The number of benzene rings is 2. The average molecular weight is 282 g/mol. The van der Waals surface area contributed by atoms with Crippen LogP contribution < -0.4 is 5.43 Å². The molecule has 1 atom stereocenters. The van der Waals surface area contributed by atoms with Gasteiger partial charge in [0.15, 0.2) is 0 Å². The highest BCUT2D eigenvalue weighted by Crippen LogP contribution is 2.23. The van der Waals surface area contributed by atoms with Gasteiger partial charge in [0.2, 0.25) is 11.4 Å². The number of hydrogen-bond donors (Lipinski definition) is 1. The first-order chi connectivity index (χ1) is 9.86. The zero-order valence-electron chi connectivity index (χ0n) is 11.2. The van der Waals surface area contributed by atoms with Gasteiger partial charge in [0, 0.05) is 11.1 Å². The molecule has 1 aliphatic rings. The van der Waals surface area contributed by atoms with Gasteiger partial charge in [-0.05, 0) is 18.4 Å². The molecule has 1 N–H and O–H groups in total. The van der Waals surface area contributed by atoms with Crippen molar-refractivity contribution in [1.82, 2.24) is 5.43 Å². The smallest absolute Gasteiger partial charge is 0.182 e. The molecule has 0 spiro atoms. The fraction of sp³-hybridized carbons (Fsp3) is 0.125. The minimum atomic E-state index is -0.0149. The van der Waals surface area contributed by atoms with Crippen LogP contribution in [0.2, 0.25) is 0 Å². The number of hydrazone groups is 1. The van der Waals surface area contributed by atoms with E-state index in [2.05, 4.69) is 40.6 Å². The summed E-state index contributed by atoms with van der Waals surface area (Å²) in [7, 11) is 0. The summed E-state index contributed by atoms with van der Waals surface area (Å²) < 4.78 is 2.05. The van der Waals surface area contributed by atoms with E-state index in [0.29, 0.717) is 0 Å². The number of hydrazine groups is 1. The third kappa shape index (κ3) is 2.75. The van der Waals surface area contributed by atoms with Crippen LogP contribution in [0.3, 0.4) is 0 Å². The van der Waals surface area contributed by atoms with Gasteiger partial charge in [-0.2, -0.15) is 4.99 Å². The maximum absolute atomic E-state index is 4.72. The van der Waals surface area contributed by atoms with Crippen LogP contribution >= 0.6 is 11.8 Å². The normalized spacial score (nSPS) is 19.8. The molecule has 0 saturated heterocycles. The van der Waals surface area contributed by atoms with Gasteiger partial charge in [-0.15, -0.1) is 5.43 Å². The molecule has 0 aliphatic carbocycles. The van der Waals surface area contributed by atoms with Crippen molar-refractivity contribution < 1.29 is 4.68 Å². The first kappa shape index (κ1) is 12.9. The second-order valence-corrected chi connectivity index (χ2v) is 5.28. The van der Waals surface area contributed by atoms with Gasteiger partial charge in [0.05, 0.1) is 0 Å². The number of aliphatic imine (C=N–C) groups is 1. The Labute approximate surface area is 123 Å². The molecule has 4 heteroatoms. The van der Waals surface area contributed by atoms with Gasteiger partial charge in [0.25, 0.3) is 0 Å². The van der Waals surface area contributed by atoms with E-state index in [-0.39, 0.29) is 6.17 Å². The van der Waals surface area contributed by atoms with E-state index >= 15 is 0 Å². The molecule has 1 aliphatic heterocycles. The summed E-state index contributed by atoms with van der Waals surface area (Å²) in [6.07, 6.45) is 4.10. The fourth-order valence-electron chi connectivity index (χ4n) is 2.13. The Morgan fingerprint density at radius 1 is 1.05 bits per heavy atom. The maximum Gasteiger partial charge on any atom is 0.302 e. The third-order valence-corrected chi connectivity index (χ3v) is 3.69. The predicted molar refractivity (Wildman–Crippen MR) is 85.1 cm³/mol. The highest BCUT2D eigenvalue weighted by atomic mass is 32.2. The molecule has 0 aromatic heterocycles. The van der Waals surface area contributed by atoms with Crippen LogP contribution in [-0.4, -0.2) is 22.3 Å². The molecule has 0 amide bonds. The second-order valence-electron chi connectivity index (χ2n) is 4.48. The summed E-state index contributed by atoms with van der Waals surface area (Å²) in [6.45, 7) is 0. The molecular formula is C16H16N3S+. The molecule has 3 nitrogen and oxygen atoms in total. The third-order valence-electron chi connectivity index (χ3n) is 3.11. The van der Waals surface area contributed by atoms with Crippen molar-refractivity contribution in [1.29, 1.82) is 0 Å². The van der Waals surface area contributed by atoms with Gasteiger partial charge >= 0.3 is 6.17 Å². The van der Waals surface area contributed by atoms with Crippen LogP contribution in [-0.2, 0) is 0 Å². The SMILES string of the molecule is CSC1=NC(c2ccccc2)/[N+](=C/c2ccccc2)N1. The van der Waals surface area contributed by atoms with E-state index in [1.807, 2.05) is 42.7 Å². The summed E-state index contributed by atoms with van der Waals surface area (Å²) in [6, 6.07) is 20.6. The van der Waals surface area contributed by atoms with Crippen molar-refractivity contribution in [3.05, 3.63) is 71.8 Å². The molecule has 0 saturated carbocycles. The zero-order chi connectivity index (χ0) is 13.8. The Hall–Kier alpha value is -2.07. The quantitative estimate of drug-likeness (QED) is 0.857. The van der Waals surface area contributed by atoms with E-state index in [1.54, 1.807) is 11.8 Å². The number of nitrogens with zero attached hydrogens (tertiary/aromatic N) is 2. The Morgan fingerprint density at radius 2 is 1.70 bits per heavy atom. The van der Waals surface area contributed by atoms with Gasteiger partial charge in [-0.1, -0.05) is 65.0 Å². The van der Waals surface area contributed by atoms with Gasteiger partial charge in [-0.3, -0.25) is 0 Å². The van der Waals surface area contributed by atoms with Crippen molar-refractivity contribution in [2.45, 2.75) is 6.17 Å². The van der Waals surface area contributed by atoms with Gasteiger partial charge in [0.1, 0.15) is 0 Å². The lowest BCUT2D eigenvalue weighted by molar-refractivity contribution is -0.596.